The van der Waals surface area contributed by atoms with E-state index in [4.69, 9.17) is 9.47 Å². The second kappa shape index (κ2) is 8.50. The Morgan fingerprint density at radius 1 is 1.40 bits per heavy atom. The zero-order valence-electron chi connectivity index (χ0n) is 11.6. The van der Waals surface area contributed by atoms with E-state index in [0.29, 0.717) is 18.7 Å². The summed E-state index contributed by atoms with van der Waals surface area (Å²) >= 11 is 0. The van der Waals surface area contributed by atoms with E-state index in [9.17, 15) is 14.3 Å². The normalized spacial score (nSPS) is 13.6. The van der Waals surface area contributed by atoms with Crippen LogP contribution in [0.2, 0.25) is 0 Å². The molecule has 0 spiro atoms. The van der Waals surface area contributed by atoms with Crippen molar-refractivity contribution >= 4 is 5.91 Å². The summed E-state index contributed by atoms with van der Waals surface area (Å²) in [5, 5.41) is 12.1. The quantitative estimate of drug-likeness (QED) is 0.751. The van der Waals surface area contributed by atoms with Crippen LogP contribution in [0.4, 0.5) is 4.39 Å². The summed E-state index contributed by atoms with van der Waals surface area (Å²) in [6, 6.07) is 5.45. The lowest BCUT2D eigenvalue weighted by Crippen LogP contribution is -2.38. The molecule has 0 heterocycles. The number of hydrogen-bond acceptors (Lipinski definition) is 4. The molecule has 0 aromatic heterocycles. The number of nitrogens with one attached hydrogen (secondary N) is 1. The summed E-state index contributed by atoms with van der Waals surface area (Å²) in [6.07, 6.45) is -0.892. The monoisotopic (exact) mass is 285 g/mol. The fraction of sp³-hybridized carbons (Fsp3) is 0.500. The SMILES string of the molecule is COCC(O)CCNC(=O)C(C)Oc1ccc(F)cc1. The fourth-order valence-corrected chi connectivity index (χ4v) is 1.55. The van der Waals surface area contributed by atoms with Crippen LogP contribution in [0.15, 0.2) is 24.3 Å². The van der Waals surface area contributed by atoms with Gasteiger partial charge in [0.15, 0.2) is 6.10 Å². The van der Waals surface area contributed by atoms with Crippen molar-refractivity contribution in [3.05, 3.63) is 30.1 Å². The summed E-state index contributed by atoms with van der Waals surface area (Å²) in [5.74, 6) is -0.228. The fourth-order valence-electron chi connectivity index (χ4n) is 1.55. The van der Waals surface area contributed by atoms with Crippen LogP contribution >= 0.6 is 0 Å². The summed E-state index contributed by atoms with van der Waals surface area (Å²) < 4.78 is 22.9. The Morgan fingerprint density at radius 2 is 2.05 bits per heavy atom. The topological polar surface area (TPSA) is 67.8 Å². The molecule has 2 N–H and O–H groups in total. The van der Waals surface area contributed by atoms with Gasteiger partial charge in [-0.3, -0.25) is 4.79 Å². The van der Waals surface area contributed by atoms with Crippen molar-refractivity contribution in [1.82, 2.24) is 5.32 Å². The van der Waals surface area contributed by atoms with Gasteiger partial charge in [0.1, 0.15) is 11.6 Å². The van der Waals surface area contributed by atoms with Crippen LogP contribution in [0.25, 0.3) is 0 Å². The maximum Gasteiger partial charge on any atom is 0.260 e. The lowest BCUT2D eigenvalue weighted by molar-refractivity contribution is -0.127. The number of rotatable bonds is 8. The molecule has 0 aliphatic heterocycles. The minimum Gasteiger partial charge on any atom is -0.481 e. The van der Waals surface area contributed by atoms with Crippen LogP contribution in [-0.2, 0) is 9.53 Å². The lowest BCUT2D eigenvalue weighted by Gasteiger charge is -2.15. The van der Waals surface area contributed by atoms with Crippen molar-refractivity contribution < 1.29 is 23.8 Å². The number of ether oxygens (including phenoxy) is 2. The van der Waals surface area contributed by atoms with Gasteiger partial charge in [0, 0.05) is 13.7 Å². The highest BCUT2D eigenvalue weighted by molar-refractivity contribution is 5.80. The van der Waals surface area contributed by atoms with Crippen molar-refractivity contribution in [2.45, 2.75) is 25.6 Å². The highest BCUT2D eigenvalue weighted by Crippen LogP contribution is 2.12. The average Bonchev–Trinajstić information content (AvgIpc) is 2.41. The van der Waals surface area contributed by atoms with Gasteiger partial charge in [0.2, 0.25) is 0 Å². The molecule has 6 heteroatoms. The first-order chi connectivity index (χ1) is 9.52. The Labute approximate surface area is 117 Å². The molecule has 1 aromatic rings. The number of methoxy groups -OCH3 is 1. The van der Waals surface area contributed by atoms with Crippen molar-refractivity contribution in [2.75, 3.05) is 20.3 Å². The van der Waals surface area contributed by atoms with Crippen molar-refractivity contribution in [1.29, 1.82) is 0 Å². The minimum absolute atomic E-state index is 0.234. The first-order valence-corrected chi connectivity index (χ1v) is 6.40. The molecule has 1 amide bonds. The third-order valence-electron chi connectivity index (χ3n) is 2.63. The molecule has 0 radical (unpaired) electrons. The minimum atomic E-state index is -0.694. The van der Waals surface area contributed by atoms with Crippen LogP contribution in [0.5, 0.6) is 5.75 Å². The summed E-state index contributed by atoms with van der Waals surface area (Å²) in [7, 11) is 1.50. The summed E-state index contributed by atoms with van der Waals surface area (Å²) in [5.41, 5.74) is 0. The zero-order valence-corrected chi connectivity index (χ0v) is 11.6. The van der Waals surface area contributed by atoms with E-state index in [0.717, 1.165) is 0 Å². The molecule has 2 unspecified atom stereocenters. The smallest absolute Gasteiger partial charge is 0.260 e. The van der Waals surface area contributed by atoms with Crippen molar-refractivity contribution in [3.63, 3.8) is 0 Å². The Kier molecular flexibility index (Phi) is 6.97. The largest absolute Gasteiger partial charge is 0.481 e. The predicted octanol–water partition coefficient (Wildman–Crippen LogP) is 1.11. The molecule has 112 valence electrons. The molecule has 0 fully saturated rings. The number of benzene rings is 1. The van der Waals surface area contributed by atoms with E-state index >= 15 is 0 Å². The van der Waals surface area contributed by atoms with Crippen molar-refractivity contribution in [3.8, 4) is 5.75 Å². The standard InChI is InChI=1S/C14H20FNO4/c1-10(20-13-5-3-11(15)4-6-13)14(18)16-8-7-12(17)9-19-2/h3-6,10,12,17H,7-9H2,1-2H3,(H,16,18). The van der Waals surface area contributed by atoms with Gasteiger partial charge in [-0.2, -0.15) is 0 Å². The van der Waals surface area contributed by atoms with E-state index in [-0.39, 0.29) is 18.3 Å². The molecule has 0 aliphatic rings. The van der Waals surface area contributed by atoms with E-state index in [1.54, 1.807) is 6.92 Å². The molecule has 0 saturated carbocycles. The Bertz CT molecular complexity index is 410. The van der Waals surface area contributed by atoms with Crippen LogP contribution in [0.3, 0.4) is 0 Å². The van der Waals surface area contributed by atoms with Gasteiger partial charge in [0.05, 0.1) is 12.7 Å². The number of carbonyl (C=O) groups excluding carboxylic acids is 1. The molecular weight excluding hydrogens is 265 g/mol. The van der Waals surface area contributed by atoms with Gasteiger partial charge < -0.3 is 19.9 Å². The number of carbonyl (C=O) groups is 1. The highest BCUT2D eigenvalue weighted by Gasteiger charge is 2.14. The maximum absolute atomic E-state index is 12.7. The lowest BCUT2D eigenvalue weighted by atomic mass is 10.2. The molecule has 20 heavy (non-hydrogen) atoms. The molecule has 2 atom stereocenters. The predicted molar refractivity (Wildman–Crippen MR) is 72.0 cm³/mol. The molecule has 0 aliphatic carbocycles. The Morgan fingerprint density at radius 3 is 2.65 bits per heavy atom. The number of hydrogen-bond donors (Lipinski definition) is 2. The van der Waals surface area contributed by atoms with Crippen LogP contribution < -0.4 is 10.1 Å². The average molecular weight is 285 g/mol. The zero-order chi connectivity index (χ0) is 15.0. The van der Waals surface area contributed by atoms with E-state index in [1.165, 1.54) is 31.4 Å². The first-order valence-electron chi connectivity index (χ1n) is 6.40. The Hall–Kier alpha value is -1.66. The molecular formula is C14H20FNO4. The van der Waals surface area contributed by atoms with Crippen molar-refractivity contribution in [2.24, 2.45) is 0 Å². The van der Waals surface area contributed by atoms with Crippen LogP contribution in [-0.4, -0.2) is 43.5 Å². The van der Waals surface area contributed by atoms with Gasteiger partial charge >= 0.3 is 0 Å². The third kappa shape index (κ3) is 5.99. The number of aliphatic hydroxyl groups is 1. The molecule has 0 bridgehead atoms. The van der Waals surface area contributed by atoms with Gasteiger partial charge in [-0.05, 0) is 37.6 Å². The number of amides is 1. The van der Waals surface area contributed by atoms with Crippen LogP contribution in [0, 0.1) is 5.82 Å². The number of halogens is 1. The molecule has 0 saturated heterocycles. The molecule has 5 nitrogen and oxygen atoms in total. The first kappa shape index (κ1) is 16.4. The summed E-state index contributed by atoms with van der Waals surface area (Å²) in [4.78, 5) is 11.7. The van der Waals surface area contributed by atoms with Gasteiger partial charge in [-0.25, -0.2) is 4.39 Å². The van der Waals surface area contributed by atoms with E-state index in [2.05, 4.69) is 5.32 Å². The Balaban J connectivity index is 2.30. The highest BCUT2D eigenvalue weighted by atomic mass is 19.1. The van der Waals surface area contributed by atoms with E-state index < -0.39 is 12.2 Å². The van der Waals surface area contributed by atoms with Gasteiger partial charge in [-0.1, -0.05) is 0 Å². The second-order valence-electron chi connectivity index (χ2n) is 4.40. The van der Waals surface area contributed by atoms with Gasteiger partial charge in [-0.15, -0.1) is 0 Å². The maximum atomic E-state index is 12.7. The third-order valence-corrected chi connectivity index (χ3v) is 2.63. The molecule has 1 aromatic carbocycles. The number of aliphatic hydroxyl groups excluding tert-OH is 1. The van der Waals surface area contributed by atoms with Crippen LogP contribution in [0.1, 0.15) is 13.3 Å². The van der Waals surface area contributed by atoms with Gasteiger partial charge in [0.25, 0.3) is 5.91 Å². The van der Waals surface area contributed by atoms with E-state index in [1.807, 2.05) is 0 Å². The second-order valence-corrected chi connectivity index (χ2v) is 4.40. The molecule has 1 rings (SSSR count). The summed E-state index contributed by atoms with van der Waals surface area (Å²) in [6.45, 7) is 2.17.